The molecular weight excluding hydrogens is 268 g/mol. The Morgan fingerprint density at radius 3 is 2.90 bits per heavy atom. The minimum atomic E-state index is 0.0262. The molecule has 1 atom stereocenters. The van der Waals surface area contributed by atoms with Crippen molar-refractivity contribution < 1.29 is 4.79 Å². The highest BCUT2D eigenvalue weighted by molar-refractivity contribution is 7.14. The molecule has 1 aromatic heterocycles. The highest BCUT2D eigenvalue weighted by Gasteiger charge is 2.23. The molecule has 20 heavy (non-hydrogen) atoms. The summed E-state index contributed by atoms with van der Waals surface area (Å²) in [6, 6.07) is 2.17. The van der Waals surface area contributed by atoms with Crippen molar-refractivity contribution in [1.29, 1.82) is 0 Å². The lowest BCUT2D eigenvalue weighted by Crippen LogP contribution is -2.36. The van der Waals surface area contributed by atoms with Gasteiger partial charge in [-0.3, -0.25) is 4.79 Å². The van der Waals surface area contributed by atoms with Crippen LogP contribution in [0.5, 0.6) is 0 Å². The van der Waals surface area contributed by atoms with Crippen LogP contribution in [0.2, 0.25) is 0 Å². The van der Waals surface area contributed by atoms with Crippen molar-refractivity contribution in [1.82, 2.24) is 5.32 Å². The topological polar surface area (TPSA) is 55.1 Å². The highest BCUT2D eigenvalue weighted by atomic mass is 32.1. The molecule has 1 aliphatic carbocycles. The maximum Gasteiger partial charge on any atom is 0.261 e. The Morgan fingerprint density at radius 1 is 1.55 bits per heavy atom. The van der Waals surface area contributed by atoms with E-state index in [1.165, 1.54) is 37.0 Å². The first kappa shape index (κ1) is 15.1. The normalized spacial score (nSPS) is 16.6. The van der Waals surface area contributed by atoms with Gasteiger partial charge in [0.1, 0.15) is 0 Å². The Hall–Kier alpha value is -1.31. The summed E-state index contributed by atoms with van der Waals surface area (Å²) in [5, 5.41) is 3.13. The van der Waals surface area contributed by atoms with Gasteiger partial charge in [0.15, 0.2) is 0 Å². The van der Waals surface area contributed by atoms with Crippen molar-refractivity contribution in [3.05, 3.63) is 21.4 Å². The second-order valence-corrected chi connectivity index (χ2v) is 6.49. The molecule has 1 fully saturated rings. The van der Waals surface area contributed by atoms with Crippen LogP contribution in [0.3, 0.4) is 0 Å². The molecule has 108 valence electrons. The van der Waals surface area contributed by atoms with Gasteiger partial charge in [-0.15, -0.1) is 11.3 Å². The minimum absolute atomic E-state index is 0.0262. The van der Waals surface area contributed by atoms with Gasteiger partial charge in [-0.05, 0) is 44.2 Å². The molecule has 3 nitrogen and oxygen atoms in total. The standard InChI is InChI=1S/C16H22N2OS/c1-11-10-15(20-14(11)8-5-9-17)16(19)18-12(2)13-6-3-4-7-13/h10,12-13H,3-4,6-7,9,17H2,1-2H3,(H,18,19). The lowest BCUT2D eigenvalue weighted by molar-refractivity contribution is 0.0931. The summed E-state index contributed by atoms with van der Waals surface area (Å²) in [6.07, 6.45) is 5.06. The number of carbonyl (C=O) groups excluding carboxylic acids is 1. The monoisotopic (exact) mass is 290 g/mol. The van der Waals surface area contributed by atoms with Gasteiger partial charge in [0.05, 0.1) is 16.3 Å². The molecule has 1 saturated carbocycles. The lowest BCUT2D eigenvalue weighted by atomic mass is 10.00. The molecule has 1 aliphatic rings. The number of hydrogen-bond donors (Lipinski definition) is 2. The molecule has 0 saturated heterocycles. The van der Waals surface area contributed by atoms with E-state index in [-0.39, 0.29) is 11.9 Å². The summed E-state index contributed by atoms with van der Waals surface area (Å²) in [5.41, 5.74) is 6.43. The molecule has 0 aromatic carbocycles. The third-order valence-electron chi connectivity index (χ3n) is 3.91. The number of rotatable bonds is 3. The van der Waals surface area contributed by atoms with Gasteiger partial charge >= 0.3 is 0 Å². The number of nitrogens with one attached hydrogen (secondary N) is 1. The van der Waals surface area contributed by atoms with Crippen LogP contribution >= 0.6 is 11.3 Å². The Bertz CT molecular complexity index is 532. The molecule has 4 heteroatoms. The van der Waals surface area contributed by atoms with Crippen LogP contribution < -0.4 is 11.1 Å². The van der Waals surface area contributed by atoms with Crippen molar-refractivity contribution >= 4 is 17.2 Å². The van der Waals surface area contributed by atoms with Crippen molar-refractivity contribution in [3.63, 3.8) is 0 Å². The number of aryl methyl sites for hydroxylation is 1. The first-order valence-corrected chi connectivity index (χ1v) is 8.03. The average Bonchev–Trinajstić information content (AvgIpc) is 3.06. The molecule has 1 unspecified atom stereocenters. The quantitative estimate of drug-likeness (QED) is 0.841. The number of amides is 1. The van der Waals surface area contributed by atoms with E-state index in [0.29, 0.717) is 12.5 Å². The maximum absolute atomic E-state index is 12.3. The minimum Gasteiger partial charge on any atom is -0.349 e. The lowest BCUT2D eigenvalue weighted by Gasteiger charge is -2.19. The van der Waals surface area contributed by atoms with E-state index in [1.807, 2.05) is 13.0 Å². The zero-order valence-electron chi connectivity index (χ0n) is 12.2. The van der Waals surface area contributed by atoms with Crippen LogP contribution in [0.1, 0.15) is 52.7 Å². The molecule has 2 rings (SSSR count). The fourth-order valence-corrected chi connectivity index (χ4v) is 3.65. The van der Waals surface area contributed by atoms with E-state index in [9.17, 15) is 4.79 Å². The van der Waals surface area contributed by atoms with E-state index in [4.69, 9.17) is 5.73 Å². The molecule has 0 aliphatic heterocycles. The molecule has 1 heterocycles. The molecule has 0 spiro atoms. The van der Waals surface area contributed by atoms with Crippen molar-refractivity contribution in [2.24, 2.45) is 11.7 Å². The first-order chi connectivity index (χ1) is 9.61. The van der Waals surface area contributed by atoms with E-state index in [2.05, 4.69) is 24.1 Å². The molecular formula is C16H22N2OS. The molecule has 1 aromatic rings. The van der Waals surface area contributed by atoms with Crippen LogP contribution in [0.25, 0.3) is 0 Å². The average molecular weight is 290 g/mol. The van der Waals surface area contributed by atoms with Gasteiger partial charge in [0.25, 0.3) is 5.91 Å². The van der Waals surface area contributed by atoms with Crippen LogP contribution in [-0.4, -0.2) is 18.5 Å². The van der Waals surface area contributed by atoms with Crippen LogP contribution in [0, 0.1) is 24.7 Å². The molecule has 0 bridgehead atoms. The van der Waals surface area contributed by atoms with E-state index >= 15 is 0 Å². The van der Waals surface area contributed by atoms with E-state index in [1.54, 1.807) is 0 Å². The third kappa shape index (κ3) is 3.62. The van der Waals surface area contributed by atoms with Gasteiger partial charge < -0.3 is 11.1 Å². The smallest absolute Gasteiger partial charge is 0.261 e. The summed E-state index contributed by atoms with van der Waals surface area (Å²) in [4.78, 5) is 14.0. The van der Waals surface area contributed by atoms with Gasteiger partial charge in [0.2, 0.25) is 0 Å². The summed E-state index contributed by atoms with van der Waals surface area (Å²) in [5.74, 6) is 6.52. The zero-order valence-corrected chi connectivity index (χ0v) is 13.0. The van der Waals surface area contributed by atoms with Crippen molar-refractivity contribution in [2.45, 2.75) is 45.6 Å². The number of carbonyl (C=O) groups is 1. The number of thiophene rings is 1. The summed E-state index contributed by atoms with van der Waals surface area (Å²) >= 11 is 1.45. The summed E-state index contributed by atoms with van der Waals surface area (Å²) in [6.45, 7) is 4.44. The molecule has 3 N–H and O–H groups in total. The predicted molar refractivity (Wildman–Crippen MR) is 83.9 cm³/mol. The van der Waals surface area contributed by atoms with Crippen LogP contribution in [0.15, 0.2) is 6.07 Å². The largest absolute Gasteiger partial charge is 0.349 e. The SMILES string of the molecule is Cc1cc(C(=O)NC(C)C2CCCC2)sc1C#CCN. The molecule has 1 amide bonds. The summed E-state index contributed by atoms with van der Waals surface area (Å²) in [7, 11) is 0. The third-order valence-corrected chi connectivity index (χ3v) is 5.06. The van der Waals surface area contributed by atoms with E-state index in [0.717, 1.165) is 15.3 Å². The number of nitrogens with two attached hydrogens (primary N) is 1. The van der Waals surface area contributed by atoms with Gasteiger partial charge in [-0.1, -0.05) is 24.7 Å². The predicted octanol–water partition coefficient (Wildman–Crippen LogP) is 2.68. The maximum atomic E-state index is 12.3. The van der Waals surface area contributed by atoms with E-state index < -0.39 is 0 Å². The first-order valence-electron chi connectivity index (χ1n) is 7.22. The van der Waals surface area contributed by atoms with Gasteiger partial charge in [-0.2, -0.15) is 0 Å². The second-order valence-electron chi connectivity index (χ2n) is 5.44. The zero-order chi connectivity index (χ0) is 14.5. The Balaban J connectivity index is 2.01. The van der Waals surface area contributed by atoms with Gasteiger partial charge in [0, 0.05) is 6.04 Å². The Labute approximate surface area is 124 Å². The fraction of sp³-hybridized carbons (Fsp3) is 0.562. The highest BCUT2D eigenvalue weighted by Crippen LogP contribution is 2.28. The Kier molecular flexibility index (Phi) is 5.22. The summed E-state index contributed by atoms with van der Waals surface area (Å²) < 4.78 is 0. The van der Waals surface area contributed by atoms with Gasteiger partial charge in [-0.25, -0.2) is 0 Å². The van der Waals surface area contributed by atoms with Crippen LogP contribution in [0.4, 0.5) is 0 Å². The Morgan fingerprint density at radius 2 is 2.25 bits per heavy atom. The number of hydrogen-bond acceptors (Lipinski definition) is 3. The fourth-order valence-electron chi connectivity index (χ4n) is 2.70. The van der Waals surface area contributed by atoms with Crippen LogP contribution in [-0.2, 0) is 0 Å². The molecule has 0 radical (unpaired) electrons. The van der Waals surface area contributed by atoms with Crippen molar-refractivity contribution in [2.75, 3.05) is 6.54 Å². The van der Waals surface area contributed by atoms with Crippen molar-refractivity contribution in [3.8, 4) is 11.8 Å². The second kappa shape index (κ2) is 6.92.